The third kappa shape index (κ3) is 4.31. The van der Waals surface area contributed by atoms with Crippen LogP contribution in [0.1, 0.15) is 12.5 Å². The van der Waals surface area contributed by atoms with E-state index in [4.69, 9.17) is 14.2 Å². The van der Waals surface area contributed by atoms with Crippen LogP contribution in [0.4, 0.5) is 9.18 Å². The molecule has 0 spiro atoms. The highest BCUT2D eigenvalue weighted by Crippen LogP contribution is 2.34. The monoisotopic (exact) mass is 400 g/mol. The first-order chi connectivity index (χ1) is 14.0. The first kappa shape index (κ1) is 20.2. The van der Waals surface area contributed by atoms with Crippen molar-refractivity contribution in [3.63, 3.8) is 0 Å². The molecular weight excluding hydrogens is 379 g/mol. The number of fused-ring (bicyclic) bond motifs is 1. The van der Waals surface area contributed by atoms with Crippen LogP contribution in [0.5, 0.6) is 17.2 Å². The maximum Gasteiger partial charge on any atom is 0.412 e. The smallest absolute Gasteiger partial charge is 0.412 e. The number of rotatable bonds is 6. The van der Waals surface area contributed by atoms with Crippen molar-refractivity contribution in [3.8, 4) is 17.2 Å². The topological polar surface area (TPSA) is 78.8 Å². The number of nitrogens with zero attached hydrogens (tertiary/aromatic N) is 1. The van der Waals surface area contributed by atoms with Gasteiger partial charge in [-0.25, -0.2) is 9.18 Å². The second-order valence-corrected chi connectivity index (χ2v) is 6.21. The zero-order chi connectivity index (χ0) is 21.0. The van der Waals surface area contributed by atoms with Crippen LogP contribution in [0.3, 0.4) is 0 Å². The van der Waals surface area contributed by atoms with Gasteiger partial charge in [0.1, 0.15) is 5.82 Å². The fourth-order valence-corrected chi connectivity index (χ4v) is 2.91. The number of aromatic nitrogens is 1. The van der Waals surface area contributed by atoms with Gasteiger partial charge >= 0.3 is 6.09 Å². The van der Waals surface area contributed by atoms with Crippen molar-refractivity contribution < 1.29 is 23.4 Å². The van der Waals surface area contributed by atoms with Gasteiger partial charge in [0, 0.05) is 18.5 Å². The minimum atomic E-state index is -0.702. The number of nitrogens with one attached hydrogen (secondary N) is 1. The average molecular weight is 400 g/mol. The van der Waals surface area contributed by atoms with E-state index in [0.717, 1.165) is 5.56 Å². The van der Waals surface area contributed by atoms with Gasteiger partial charge in [0.15, 0.2) is 17.2 Å². The summed E-state index contributed by atoms with van der Waals surface area (Å²) in [6, 6.07) is 8.92. The molecule has 0 bridgehead atoms. The van der Waals surface area contributed by atoms with E-state index in [9.17, 15) is 14.0 Å². The number of ether oxygens (including phenoxy) is 3. The molecule has 0 aliphatic rings. The number of aryl methyl sites for hydroxylation is 1. The number of methoxy groups -OCH3 is 2. The second kappa shape index (κ2) is 8.64. The van der Waals surface area contributed by atoms with Gasteiger partial charge in [-0.05, 0) is 36.8 Å². The summed E-state index contributed by atoms with van der Waals surface area (Å²) in [6.07, 6.45) is 0.778. The molecule has 3 rings (SSSR count). The van der Waals surface area contributed by atoms with Gasteiger partial charge in [0.05, 0.1) is 25.8 Å². The SMILES string of the molecule is CCn1cc(OC(=O)NCc2ccc(F)cc2)c2cc(OC)c(OC)cc2c1=O. The minimum Gasteiger partial charge on any atom is -0.493 e. The third-order valence-corrected chi connectivity index (χ3v) is 4.45. The number of carbonyl (C=O) groups excluding carboxylic acids is 1. The van der Waals surface area contributed by atoms with Gasteiger partial charge < -0.3 is 24.1 Å². The number of hydrogen-bond acceptors (Lipinski definition) is 5. The number of benzene rings is 2. The normalized spacial score (nSPS) is 10.6. The van der Waals surface area contributed by atoms with E-state index in [1.54, 1.807) is 24.3 Å². The van der Waals surface area contributed by atoms with E-state index in [0.29, 0.717) is 28.8 Å². The Bertz CT molecular complexity index is 1090. The van der Waals surface area contributed by atoms with Crippen LogP contribution >= 0.6 is 0 Å². The Labute approximate surface area is 166 Å². The lowest BCUT2D eigenvalue weighted by atomic mass is 10.1. The molecular formula is C21H21FN2O5. The molecule has 3 aromatic rings. The van der Waals surface area contributed by atoms with Crippen molar-refractivity contribution in [1.82, 2.24) is 9.88 Å². The standard InChI is InChI=1S/C21H21FN2O5/c1-4-24-12-19(29-21(26)23-11-13-5-7-14(22)8-6-13)15-9-17(27-2)18(28-3)10-16(15)20(24)25/h5-10,12H,4,11H2,1-3H3,(H,23,26). The van der Waals surface area contributed by atoms with Crippen LogP contribution in [0.2, 0.25) is 0 Å². The summed E-state index contributed by atoms with van der Waals surface area (Å²) in [5, 5.41) is 3.37. The number of carbonyl (C=O) groups is 1. The molecule has 0 saturated heterocycles. The Balaban J connectivity index is 1.92. The Hall–Kier alpha value is -3.55. The van der Waals surface area contributed by atoms with Crippen LogP contribution in [-0.2, 0) is 13.1 Å². The molecule has 8 heteroatoms. The van der Waals surface area contributed by atoms with E-state index < -0.39 is 6.09 Å². The quantitative estimate of drug-likeness (QED) is 0.686. The van der Waals surface area contributed by atoms with Crippen molar-refractivity contribution in [2.24, 2.45) is 0 Å². The van der Waals surface area contributed by atoms with Gasteiger partial charge in [-0.2, -0.15) is 0 Å². The molecule has 152 valence electrons. The van der Waals surface area contributed by atoms with Gasteiger partial charge in [0.2, 0.25) is 0 Å². The average Bonchev–Trinajstić information content (AvgIpc) is 2.74. The molecule has 1 amide bonds. The van der Waals surface area contributed by atoms with Gasteiger partial charge in [-0.15, -0.1) is 0 Å². The highest BCUT2D eigenvalue weighted by molar-refractivity contribution is 5.92. The fourth-order valence-electron chi connectivity index (χ4n) is 2.91. The summed E-state index contributed by atoms with van der Waals surface area (Å²) in [4.78, 5) is 25.0. The molecule has 1 heterocycles. The molecule has 1 N–H and O–H groups in total. The van der Waals surface area contributed by atoms with Crippen LogP contribution < -0.4 is 25.1 Å². The van der Waals surface area contributed by atoms with Crippen LogP contribution in [0, 0.1) is 5.82 Å². The predicted octanol–water partition coefficient (Wildman–Crippen LogP) is 3.47. The number of hydrogen-bond donors (Lipinski definition) is 1. The largest absolute Gasteiger partial charge is 0.493 e. The van der Waals surface area contributed by atoms with Crippen molar-refractivity contribution >= 4 is 16.9 Å². The van der Waals surface area contributed by atoms with E-state index >= 15 is 0 Å². The van der Waals surface area contributed by atoms with Gasteiger partial charge in [0.25, 0.3) is 5.56 Å². The van der Waals surface area contributed by atoms with Gasteiger partial charge in [-0.3, -0.25) is 4.79 Å². The van der Waals surface area contributed by atoms with Crippen molar-refractivity contribution in [2.75, 3.05) is 14.2 Å². The maximum atomic E-state index is 13.0. The van der Waals surface area contributed by atoms with E-state index in [1.807, 2.05) is 6.92 Å². The second-order valence-electron chi connectivity index (χ2n) is 6.21. The lowest BCUT2D eigenvalue weighted by molar-refractivity contribution is 0.200. The van der Waals surface area contributed by atoms with E-state index in [1.165, 1.54) is 37.1 Å². The molecule has 2 aromatic carbocycles. The Morgan fingerprint density at radius 3 is 2.24 bits per heavy atom. The summed E-state index contributed by atoms with van der Waals surface area (Å²) in [6.45, 7) is 2.38. The summed E-state index contributed by atoms with van der Waals surface area (Å²) in [7, 11) is 2.96. The third-order valence-electron chi connectivity index (χ3n) is 4.45. The minimum absolute atomic E-state index is 0.168. The molecule has 0 unspecified atom stereocenters. The van der Waals surface area contributed by atoms with Crippen molar-refractivity contribution in [2.45, 2.75) is 20.0 Å². The number of pyridine rings is 1. The molecule has 0 fully saturated rings. The Kier molecular flexibility index (Phi) is 6.01. The summed E-state index contributed by atoms with van der Waals surface area (Å²) < 4.78 is 30.5. The van der Waals surface area contributed by atoms with Crippen molar-refractivity contribution in [3.05, 3.63) is 64.3 Å². The lowest BCUT2D eigenvalue weighted by Crippen LogP contribution is -2.27. The molecule has 1 aromatic heterocycles. The predicted molar refractivity (Wildman–Crippen MR) is 106 cm³/mol. The Morgan fingerprint density at radius 2 is 1.66 bits per heavy atom. The summed E-state index contributed by atoms with van der Waals surface area (Å²) >= 11 is 0. The lowest BCUT2D eigenvalue weighted by Gasteiger charge is -2.14. The van der Waals surface area contributed by atoms with Crippen LogP contribution in [0.15, 0.2) is 47.4 Å². The molecule has 0 aliphatic carbocycles. The molecule has 29 heavy (non-hydrogen) atoms. The molecule has 0 radical (unpaired) electrons. The Morgan fingerprint density at radius 1 is 1.03 bits per heavy atom. The number of halogens is 1. The molecule has 0 aliphatic heterocycles. The van der Waals surface area contributed by atoms with Gasteiger partial charge in [-0.1, -0.05) is 12.1 Å². The van der Waals surface area contributed by atoms with E-state index in [-0.39, 0.29) is 23.7 Å². The highest BCUT2D eigenvalue weighted by atomic mass is 19.1. The number of amides is 1. The molecule has 0 saturated carbocycles. The van der Waals surface area contributed by atoms with Crippen LogP contribution in [0.25, 0.3) is 10.8 Å². The first-order valence-corrected chi connectivity index (χ1v) is 8.96. The zero-order valence-corrected chi connectivity index (χ0v) is 16.3. The fraction of sp³-hybridized carbons (Fsp3) is 0.238. The maximum absolute atomic E-state index is 13.0. The first-order valence-electron chi connectivity index (χ1n) is 8.96. The van der Waals surface area contributed by atoms with Crippen LogP contribution in [-0.4, -0.2) is 24.9 Å². The summed E-state index contributed by atoms with van der Waals surface area (Å²) in [5.74, 6) is 0.663. The molecule has 0 atom stereocenters. The van der Waals surface area contributed by atoms with Crippen molar-refractivity contribution in [1.29, 1.82) is 0 Å². The zero-order valence-electron chi connectivity index (χ0n) is 16.3. The molecule has 7 nitrogen and oxygen atoms in total. The summed E-state index contributed by atoms with van der Waals surface area (Å²) in [5.41, 5.74) is 0.487. The van der Waals surface area contributed by atoms with E-state index in [2.05, 4.69) is 5.32 Å². The highest BCUT2D eigenvalue weighted by Gasteiger charge is 2.16.